The van der Waals surface area contributed by atoms with E-state index in [1.807, 2.05) is 13.0 Å². The van der Waals surface area contributed by atoms with Crippen LogP contribution in [0.15, 0.2) is 68.7 Å². The molecule has 4 aromatic rings. The number of aromatic amines is 1. The number of sulfonamides is 1. The van der Waals surface area contributed by atoms with Crippen LogP contribution in [-0.2, 0) is 10.0 Å². The van der Waals surface area contributed by atoms with Crippen molar-refractivity contribution in [3.8, 4) is 23.1 Å². The van der Waals surface area contributed by atoms with Gasteiger partial charge in [-0.15, -0.1) is 0 Å². The average Bonchev–Trinajstić information content (AvgIpc) is 3.26. The Morgan fingerprint density at radius 3 is 2.64 bits per heavy atom. The van der Waals surface area contributed by atoms with Crippen molar-refractivity contribution < 1.29 is 17.6 Å². The van der Waals surface area contributed by atoms with Gasteiger partial charge >= 0.3 is 0 Å². The van der Waals surface area contributed by atoms with Crippen LogP contribution in [0.3, 0.4) is 0 Å². The molecule has 9 nitrogen and oxygen atoms in total. The normalized spacial score (nSPS) is 12.0. The number of allylic oxidation sites excluding steroid dienone is 1. The van der Waals surface area contributed by atoms with Gasteiger partial charge in [0.1, 0.15) is 23.3 Å². The number of nitrogens with two attached hydrogens (primary N) is 1. The van der Waals surface area contributed by atoms with Gasteiger partial charge < -0.3 is 14.1 Å². The summed E-state index contributed by atoms with van der Waals surface area (Å²) in [5, 5.41) is 15.1. The maximum Gasteiger partial charge on any atom is 0.259 e. The number of nitriles is 1. The van der Waals surface area contributed by atoms with Gasteiger partial charge in [-0.1, -0.05) is 0 Å². The minimum Gasteiger partial charge on any atom is -0.494 e. The number of H-pyrrole nitrogens is 1. The highest BCUT2D eigenvalue weighted by Gasteiger charge is 2.12. The molecule has 33 heavy (non-hydrogen) atoms. The molecule has 0 aliphatic carbocycles. The first-order valence-electron chi connectivity index (χ1n) is 9.80. The summed E-state index contributed by atoms with van der Waals surface area (Å²) in [5.74, 6) is 1.48. The number of ether oxygens (including phenoxy) is 1. The minimum atomic E-state index is -3.79. The summed E-state index contributed by atoms with van der Waals surface area (Å²) in [4.78, 5) is 19.6. The molecule has 2 aromatic carbocycles. The zero-order valence-corrected chi connectivity index (χ0v) is 18.2. The van der Waals surface area contributed by atoms with Crippen LogP contribution < -0.4 is 15.4 Å². The molecule has 0 saturated carbocycles. The Morgan fingerprint density at radius 1 is 1.21 bits per heavy atom. The zero-order chi connectivity index (χ0) is 23.6. The van der Waals surface area contributed by atoms with Crippen LogP contribution in [0, 0.1) is 11.3 Å². The van der Waals surface area contributed by atoms with Crippen molar-refractivity contribution in [2.24, 2.45) is 5.14 Å². The average molecular weight is 462 g/mol. The van der Waals surface area contributed by atoms with Gasteiger partial charge in [-0.05, 0) is 61.5 Å². The van der Waals surface area contributed by atoms with Crippen molar-refractivity contribution in [1.82, 2.24) is 9.97 Å². The largest absolute Gasteiger partial charge is 0.494 e. The van der Waals surface area contributed by atoms with Crippen molar-refractivity contribution in [1.29, 1.82) is 5.26 Å². The maximum atomic E-state index is 12.6. The zero-order valence-electron chi connectivity index (χ0n) is 17.4. The number of nitrogens with one attached hydrogen (secondary N) is 1. The Bertz CT molecular complexity index is 1580. The highest BCUT2D eigenvalue weighted by atomic mass is 32.2. The molecule has 10 heteroatoms. The second-order valence-corrected chi connectivity index (χ2v) is 8.53. The van der Waals surface area contributed by atoms with E-state index >= 15 is 0 Å². The molecular formula is C23H18N4O5S. The van der Waals surface area contributed by atoms with Crippen LogP contribution in [0.4, 0.5) is 0 Å². The number of primary sulfonamides is 1. The van der Waals surface area contributed by atoms with E-state index in [0.29, 0.717) is 40.3 Å². The highest BCUT2D eigenvalue weighted by molar-refractivity contribution is 7.89. The first-order valence-corrected chi connectivity index (χ1v) is 11.4. The molecule has 0 amide bonds. The van der Waals surface area contributed by atoms with E-state index in [2.05, 4.69) is 9.97 Å². The number of nitrogens with zero attached hydrogens (tertiary/aromatic N) is 2. The van der Waals surface area contributed by atoms with Gasteiger partial charge in [0.2, 0.25) is 10.0 Å². The third-order valence-electron chi connectivity index (χ3n) is 4.74. The lowest BCUT2D eigenvalue weighted by Gasteiger charge is -2.05. The quantitative estimate of drug-likeness (QED) is 0.417. The fourth-order valence-electron chi connectivity index (χ4n) is 3.19. The Morgan fingerprint density at radius 2 is 1.97 bits per heavy atom. The lowest BCUT2D eigenvalue weighted by atomic mass is 10.2. The number of hydrogen-bond acceptors (Lipinski definition) is 7. The van der Waals surface area contributed by atoms with E-state index in [9.17, 15) is 18.5 Å². The Hall–Kier alpha value is -4.20. The summed E-state index contributed by atoms with van der Waals surface area (Å²) >= 11 is 0. The van der Waals surface area contributed by atoms with E-state index in [0.717, 1.165) is 0 Å². The second-order valence-electron chi connectivity index (χ2n) is 6.97. The second kappa shape index (κ2) is 8.74. The molecule has 0 aliphatic heterocycles. The molecule has 2 aromatic heterocycles. The van der Waals surface area contributed by atoms with Gasteiger partial charge in [-0.3, -0.25) is 4.79 Å². The topological polar surface area (TPSA) is 152 Å². The Labute approximate surface area is 188 Å². The predicted octanol–water partition coefficient (Wildman–Crippen LogP) is 3.29. The van der Waals surface area contributed by atoms with Crippen LogP contribution in [0.2, 0.25) is 0 Å². The SMILES string of the molecule is CCOc1ccc2nc(/C(C#N)=C\c3ccc(-c4ccc(S(N)(=O)=O)cc4)o3)[nH]c(=O)c2c1. The van der Waals surface area contributed by atoms with Crippen LogP contribution in [0.5, 0.6) is 5.75 Å². The predicted molar refractivity (Wildman–Crippen MR) is 123 cm³/mol. The van der Waals surface area contributed by atoms with Crippen molar-refractivity contribution in [3.05, 3.63) is 76.5 Å². The molecule has 0 aliphatic rings. The van der Waals surface area contributed by atoms with Crippen molar-refractivity contribution in [3.63, 3.8) is 0 Å². The monoisotopic (exact) mass is 462 g/mol. The Kier molecular flexibility index (Phi) is 5.83. The molecule has 3 N–H and O–H groups in total. The summed E-state index contributed by atoms with van der Waals surface area (Å²) < 4.78 is 34.0. The van der Waals surface area contributed by atoms with Crippen molar-refractivity contribution >= 4 is 32.6 Å². The van der Waals surface area contributed by atoms with E-state index in [1.165, 1.54) is 18.2 Å². The summed E-state index contributed by atoms with van der Waals surface area (Å²) in [7, 11) is -3.79. The fraction of sp³-hybridized carbons (Fsp3) is 0.0870. The number of fused-ring (bicyclic) bond motifs is 1. The fourth-order valence-corrected chi connectivity index (χ4v) is 3.71. The van der Waals surface area contributed by atoms with E-state index in [4.69, 9.17) is 14.3 Å². The first kappa shape index (κ1) is 22.0. The standard InChI is InChI=1S/C23H18N4O5S/c1-2-31-16-5-9-20-19(12-16)23(28)27-22(26-20)15(13-24)11-17-6-10-21(32-17)14-3-7-18(8-4-14)33(25,29)30/h3-12H,2H2,1H3,(H2,25,29,30)(H,26,27,28)/b15-11-. The lowest BCUT2D eigenvalue weighted by molar-refractivity contribution is 0.340. The maximum absolute atomic E-state index is 12.6. The van der Waals surface area contributed by atoms with Gasteiger partial charge in [-0.2, -0.15) is 5.26 Å². The van der Waals surface area contributed by atoms with E-state index in [-0.39, 0.29) is 16.3 Å². The van der Waals surface area contributed by atoms with Crippen LogP contribution in [0.25, 0.3) is 33.9 Å². The number of benzene rings is 2. The number of aromatic nitrogens is 2. The third-order valence-corrected chi connectivity index (χ3v) is 5.67. The number of furan rings is 1. The summed E-state index contributed by atoms with van der Waals surface area (Å²) in [6, 6.07) is 16.2. The van der Waals surface area contributed by atoms with Gasteiger partial charge in [0.05, 0.1) is 28.0 Å². The van der Waals surface area contributed by atoms with Gasteiger partial charge in [0.25, 0.3) is 5.56 Å². The van der Waals surface area contributed by atoms with Gasteiger partial charge in [-0.25, -0.2) is 18.5 Å². The Balaban J connectivity index is 1.67. The van der Waals surface area contributed by atoms with Crippen LogP contribution >= 0.6 is 0 Å². The molecule has 0 radical (unpaired) electrons. The molecule has 0 spiro atoms. The van der Waals surface area contributed by atoms with Crippen molar-refractivity contribution in [2.45, 2.75) is 11.8 Å². The van der Waals surface area contributed by atoms with E-state index < -0.39 is 15.6 Å². The molecule has 0 bridgehead atoms. The van der Waals surface area contributed by atoms with Crippen molar-refractivity contribution in [2.75, 3.05) is 6.61 Å². The molecule has 0 unspecified atom stereocenters. The molecule has 0 saturated heterocycles. The summed E-state index contributed by atoms with van der Waals surface area (Å²) in [5.41, 5.74) is 0.762. The van der Waals surface area contributed by atoms with Gasteiger partial charge in [0, 0.05) is 11.6 Å². The number of hydrogen-bond donors (Lipinski definition) is 2. The smallest absolute Gasteiger partial charge is 0.259 e. The molecule has 2 heterocycles. The molecule has 0 atom stereocenters. The lowest BCUT2D eigenvalue weighted by Crippen LogP contribution is -2.11. The minimum absolute atomic E-state index is 0.00981. The molecule has 0 fully saturated rings. The molecular weight excluding hydrogens is 444 g/mol. The molecule has 166 valence electrons. The first-order chi connectivity index (χ1) is 15.8. The van der Waals surface area contributed by atoms with Crippen LogP contribution in [0.1, 0.15) is 18.5 Å². The van der Waals surface area contributed by atoms with Crippen LogP contribution in [-0.4, -0.2) is 25.0 Å². The molecule has 4 rings (SSSR count). The van der Waals surface area contributed by atoms with E-state index in [1.54, 1.807) is 42.5 Å². The summed E-state index contributed by atoms with van der Waals surface area (Å²) in [6.07, 6.45) is 1.46. The summed E-state index contributed by atoms with van der Waals surface area (Å²) in [6.45, 7) is 2.32. The van der Waals surface area contributed by atoms with Gasteiger partial charge in [0.15, 0.2) is 5.82 Å². The third kappa shape index (κ3) is 4.69. The number of rotatable bonds is 6. The highest BCUT2D eigenvalue weighted by Crippen LogP contribution is 2.26.